The van der Waals surface area contributed by atoms with Crippen molar-refractivity contribution in [3.05, 3.63) is 34.3 Å². The number of alkyl halides is 3. The van der Waals surface area contributed by atoms with Crippen LogP contribution < -0.4 is 16.0 Å². The first-order valence-electron chi connectivity index (χ1n) is 34.1. The Morgan fingerprint density at radius 2 is 1.32 bits per heavy atom. The lowest BCUT2D eigenvalue weighted by atomic mass is 9.81. The molecule has 6 rings (SSSR count). The molecule has 3 N–H and O–H groups in total. The molecular formula is C67H102ClF3N12O14. The molecule has 26 nitrogen and oxygen atoms in total. The summed E-state index contributed by atoms with van der Waals surface area (Å²) in [7, 11) is 9.58. The predicted octanol–water partition coefficient (Wildman–Crippen LogP) is 3.09. The van der Waals surface area contributed by atoms with Crippen molar-refractivity contribution in [2.24, 2.45) is 11.8 Å². The van der Waals surface area contributed by atoms with Crippen LogP contribution in [-0.4, -0.2) is 278 Å². The van der Waals surface area contributed by atoms with Crippen molar-refractivity contribution in [3.8, 4) is 0 Å². The zero-order valence-corrected chi connectivity index (χ0v) is 59.0. The monoisotopic (exact) mass is 1390 g/mol. The summed E-state index contributed by atoms with van der Waals surface area (Å²) in [6, 6.07) is -6.00. The summed E-state index contributed by atoms with van der Waals surface area (Å²) in [6.07, 6.45) is 0.409. The van der Waals surface area contributed by atoms with Gasteiger partial charge in [-0.05, 0) is 93.7 Å². The quantitative estimate of drug-likeness (QED) is 0.254. The van der Waals surface area contributed by atoms with E-state index in [2.05, 4.69) is 16.0 Å². The Labute approximate surface area is 572 Å². The molecule has 1 aromatic carbocycles. The van der Waals surface area contributed by atoms with Gasteiger partial charge in [-0.15, -0.1) is 0 Å². The van der Waals surface area contributed by atoms with Crippen LogP contribution in [-0.2, 0) is 79.6 Å². The first-order chi connectivity index (χ1) is 45.8. The van der Waals surface area contributed by atoms with Gasteiger partial charge in [-0.2, -0.15) is 13.2 Å². The molecule has 8 atom stereocenters. The summed E-state index contributed by atoms with van der Waals surface area (Å²) < 4.78 is 52.8. The SMILES string of the molecule is CCCOC[C@H]1C(=O)N(C)CC(=O)N[C@@H](CCc2ccc(C(F)(F)F)c(Cl)c2)C(=O)N2CCCC2C(=O)NC2(CCCC2)C(=O)N(C)[C@@H](C2CCCCC2)C(=O)N(C)[C@H](C(=O)N2CCOCC2)CC(=O)N(C)[C@@H](CC)C(=O)N[C@@H]([C@@H](C)CC)C(=O)N(C)CC(=O)N(C)CC(=O)N1C. The van der Waals surface area contributed by atoms with Crippen LogP contribution in [0.1, 0.15) is 142 Å². The molecule has 2 aliphatic carbocycles. The Kier molecular flexibility index (Phi) is 28.9. The fourth-order valence-corrected chi connectivity index (χ4v) is 14.1. The van der Waals surface area contributed by atoms with Crippen LogP contribution in [0.2, 0.25) is 5.02 Å². The number of morpholine rings is 1. The number of likely N-dealkylation sites (N-methyl/N-ethyl adjacent to an activating group) is 7. The van der Waals surface area contributed by atoms with Crippen LogP contribution in [0.25, 0.3) is 0 Å². The second-order valence-electron chi connectivity index (χ2n) is 26.8. The average Bonchev–Trinajstić information content (AvgIpc) is 1.71. The summed E-state index contributed by atoms with van der Waals surface area (Å²) in [5, 5.41) is 7.98. The van der Waals surface area contributed by atoms with Gasteiger partial charge in [0.15, 0.2) is 0 Å². The Morgan fingerprint density at radius 1 is 0.691 bits per heavy atom. The highest BCUT2D eigenvalue weighted by molar-refractivity contribution is 6.31. The smallest absolute Gasteiger partial charge is 0.379 e. The maximum atomic E-state index is 15.7. The Bertz CT molecular complexity index is 3000. The number of carbonyl (C=O) groups excluding carboxylic acids is 12. The van der Waals surface area contributed by atoms with Gasteiger partial charge in [0.2, 0.25) is 70.9 Å². The Morgan fingerprint density at radius 3 is 1.93 bits per heavy atom. The molecule has 3 aliphatic heterocycles. The van der Waals surface area contributed by atoms with Crippen LogP contribution in [0.4, 0.5) is 13.2 Å². The van der Waals surface area contributed by atoms with Crippen molar-refractivity contribution in [3.63, 3.8) is 0 Å². The molecule has 97 heavy (non-hydrogen) atoms. The van der Waals surface area contributed by atoms with Gasteiger partial charge in [0.25, 0.3) is 0 Å². The third-order valence-electron chi connectivity index (χ3n) is 20.0. The number of nitrogens with one attached hydrogen (secondary N) is 3. The fourth-order valence-electron chi connectivity index (χ4n) is 13.8. The summed E-state index contributed by atoms with van der Waals surface area (Å²) in [6.45, 7) is 5.71. The van der Waals surface area contributed by atoms with Gasteiger partial charge in [0.1, 0.15) is 47.8 Å². The maximum Gasteiger partial charge on any atom is 0.417 e. The highest BCUT2D eigenvalue weighted by Crippen LogP contribution is 2.38. The van der Waals surface area contributed by atoms with Gasteiger partial charge in [0.05, 0.1) is 56.5 Å². The number of nitrogens with zero attached hydrogens (tertiary/aromatic N) is 9. The zero-order valence-electron chi connectivity index (χ0n) is 58.3. The van der Waals surface area contributed by atoms with Crippen molar-refractivity contribution in [2.45, 2.75) is 191 Å². The van der Waals surface area contributed by atoms with Gasteiger partial charge >= 0.3 is 6.18 Å². The minimum absolute atomic E-state index is 0.0161. The number of carbonyl (C=O) groups is 12. The number of hydrogen-bond acceptors (Lipinski definition) is 14. The van der Waals surface area contributed by atoms with E-state index in [1.165, 1.54) is 79.9 Å². The number of aryl methyl sites for hydroxylation is 1. The normalized spacial score (nSPS) is 26.2. The first kappa shape index (κ1) is 78.9. The summed E-state index contributed by atoms with van der Waals surface area (Å²) in [5.41, 5.74) is -2.39. The van der Waals surface area contributed by atoms with Crippen LogP contribution in [0, 0.1) is 11.8 Å². The molecule has 5 fully saturated rings. The molecule has 3 saturated heterocycles. The van der Waals surface area contributed by atoms with E-state index in [9.17, 15) is 51.5 Å². The average molecular weight is 1390 g/mol. The van der Waals surface area contributed by atoms with Gasteiger partial charge in [-0.1, -0.05) is 83.9 Å². The molecule has 1 aromatic rings. The van der Waals surface area contributed by atoms with Crippen molar-refractivity contribution in [1.82, 2.24) is 60.0 Å². The lowest BCUT2D eigenvalue weighted by Gasteiger charge is -2.43. The minimum Gasteiger partial charge on any atom is -0.379 e. The number of ether oxygens (including phenoxy) is 2. The van der Waals surface area contributed by atoms with Crippen LogP contribution in [0.3, 0.4) is 0 Å². The van der Waals surface area contributed by atoms with E-state index in [-0.39, 0.29) is 90.2 Å². The van der Waals surface area contributed by atoms with Crippen molar-refractivity contribution >= 4 is 82.5 Å². The summed E-state index contributed by atoms with van der Waals surface area (Å²) >= 11 is 6.12. The van der Waals surface area contributed by atoms with E-state index >= 15 is 19.2 Å². The molecule has 2 saturated carbocycles. The van der Waals surface area contributed by atoms with E-state index in [0.29, 0.717) is 44.9 Å². The highest BCUT2D eigenvalue weighted by Gasteiger charge is 2.51. The molecule has 1 unspecified atom stereocenters. The Balaban J connectivity index is 1.42. The summed E-state index contributed by atoms with van der Waals surface area (Å²) in [4.78, 5) is 188. The van der Waals surface area contributed by atoms with Gasteiger partial charge in [-0.3, -0.25) is 57.5 Å². The van der Waals surface area contributed by atoms with Gasteiger partial charge < -0.3 is 69.5 Å². The molecule has 30 heteroatoms. The number of halogens is 4. The van der Waals surface area contributed by atoms with Crippen LogP contribution in [0.15, 0.2) is 18.2 Å². The number of amides is 12. The lowest BCUT2D eigenvalue weighted by Crippen LogP contribution is -2.65. The third kappa shape index (κ3) is 19.8. The largest absolute Gasteiger partial charge is 0.417 e. The predicted molar refractivity (Wildman–Crippen MR) is 351 cm³/mol. The maximum absolute atomic E-state index is 15.7. The molecule has 3 heterocycles. The van der Waals surface area contributed by atoms with Gasteiger partial charge in [0, 0.05) is 75.6 Å². The van der Waals surface area contributed by atoms with Crippen LogP contribution >= 0.6 is 11.6 Å². The van der Waals surface area contributed by atoms with E-state index < -0.39 is 173 Å². The van der Waals surface area contributed by atoms with E-state index in [0.717, 1.165) is 51.0 Å². The molecule has 0 bridgehead atoms. The first-order valence-corrected chi connectivity index (χ1v) is 34.5. The Hall–Kier alpha value is -7.14. The second-order valence-corrected chi connectivity index (χ2v) is 27.2. The number of hydrogen-bond donors (Lipinski definition) is 3. The van der Waals surface area contributed by atoms with E-state index in [4.69, 9.17) is 21.1 Å². The number of fused-ring (bicyclic) bond motifs is 1. The van der Waals surface area contributed by atoms with Crippen molar-refractivity contribution in [2.75, 3.05) is 115 Å². The fraction of sp³-hybridized carbons (Fsp3) is 0.731. The van der Waals surface area contributed by atoms with Crippen molar-refractivity contribution < 1.29 is 80.2 Å². The molecule has 542 valence electrons. The minimum atomic E-state index is -4.77. The number of benzene rings is 1. The molecular weight excluding hydrogens is 1290 g/mol. The van der Waals surface area contributed by atoms with Crippen molar-refractivity contribution in [1.29, 1.82) is 0 Å². The molecule has 0 aromatic heterocycles. The summed E-state index contributed by atoms with van der Waals surface area (Å²) in [5.74, 6) is -9.29. The van der Waals surface area contributed by atoms with E-state index in [1.54, 1.807) is 20.8 Å². The van der Waals surface area contributed by atoms with Gasteiger partial charge in [-0.25, -0.2) is 0 Å². The lowest BCUT2D eigenvalue weighted by molar-refractivity contribution is -0.158. The molecule has 12 amide bonds. The topological polar surface area (TPSA) is 289 Å². The molecule has 5 aliphatic rings. The highest BCUT2D eigenvalue weighted by atomic mass is 35.5. The zero-order chi connectivity index (χ0) is 71.8. The molecule has 0 radical (unpaired) electrons. The molecule has 1 spiro atoms. The third-order valence-corrected chi connectivity index (χ3v) is 20.4. The van der Waals surface area contributed by atoms with Crippen LogP contribution in [0.5, 0.6) is 0 Å². The standard InChI is InChI=1S/C67H102ClF3N12O14/c1-12-33-97-41-51-61(91)76(6)38-52(84)72-47(27-25-43-24-26-45(46(68)36-43)67(69,70)71)60(90)83-30-20-23-49(83)59(89)74-66(28-18-19-29-66)65(95)81(11)57(44-21-16-15-17-22-44)64(94)80(10)50(62(92)82-31-34-96-35-32-82)37-53(85)78(8)48(14-3)58(88)73-56(42(4)13-2)63(93)77(7)39-54(86)75(5)40-55(87)79(51)9/h24,26,36,42,44,47-51,56-57H,12-23,25,27-35,37-41H2,1-11H3,(H,72,84)(H,73,88)(H,74,89)/t42-,47-,48-,49?,50-,51-,56-,57-/m0/s1. The second kappa shape index (κ2) is 35.6. The van der Waals surface area contributed by atoms with E-state index in [1.807, 2.05) is 6.92 Å². The number of rotatable bonds is 12.